The van der Waals surface area contributed by atoms with Crippen LogP contribution in [-0.2, 0) is 12.8 Å². The molecule has 1 aliphatic rings. The molecule has 0 bridgehead atoms. The van der Waals surface area contributed by atoms with Gasteiger partial charge in [0.2, 0.25) is 0 Å². The van der Waals surface area contributed by atoms with Gasteiger partial charge in [-0.1, -0.05) is 18.9 Å². The molecule has 2 heterocycles. The van der Waals surface area contributed by atoms with Gasteiger partial charge in [-0.2, -0.15) is 0 Å². The molecule has 0 amide bonds. The molecule has 1 aliphatic carbocycles. The minimum atomic E-state index is 0.993. The molecule has 0 aromatic carbocycles. The van der Waals surface area contributed by atoms with Gasteiger partial charge in [-0.25, -0.2) is 9.97 Å². The van der Waals surface area contributed by atoms with Gasteiger partial charge in [-0.05, 0) is 67.5 Å². The van der Waals surface area contributed by atoms with E-state index < -0.39 is 0 Å². The highest BCUT2D eigenvalue weighted by Crippen LogP contribution is 2.31. The van der Waals surface area contributed by atoms with Gasteiger partial charge < -0.3 is 0 Å². The van der Waals surface area contributed by atoms with Crippen molar-refractivity contribution in [3.8, 4) is 11.4 Å². The first-order chi connectivity index (χ1) is 10.8. The molecule has 0 fully saturated rings. The van der Waals surface area contributed by atoms with Crippen molar-refractivity contribution in [2.45, 2.75) is 48.6 Å². The van der Waals surface area contributed by atoms with E-state index in [1.54, 1.807) is 23.5 Å². The van der Waals surface area contributed by atoms with Crippen molar-refractivity contribution in [3.05, 3.63) is 35.4 Å². The van der Waals surface area contributed by atoms with Crippen molar-refractivity contribution in [3.63, 3.8) is 0 Å². The minimum Gasteiger partial charge on any atom is -0.240 e. The molecule has 0 spiro atoms. The zero-order chi connectivity index (χ0) is 15.4. The fourth-order valence-electron chi connectivity index (χ4n) is 3.03. The van der Waals surface area contributed by atoms with Crippen molar-refractivity contribution in [2.75, 3.05) is 12.5 Å². The van der Waals surface area contributed by atoms with E-state index in [-0.39, 0.29) is 0 Å². The monoisotopic (exact) mass is 330 g/mol. The Balaban J connectivity index is 2.06. The number of rotatable bonds is 3. The molecule has 4 heteroatoms. The Bertz CT molecular complexity index is 656. The maximum absolute atomic E-state index is 4.91. The molecule has 0 saturated heterocycles. The van der Waals surface area contributed by atoms with Crippen LogP contribution in [0.1, 0.15) is 36.8 Å². The highest BCUT2D eigenvalue weighted by atomic mass is 32.2. The van der Waals surface area contributed by atoms with E-state index >= 15 is 0 Å². The molecular formula is C18H22N2S2. The molecule has 0 radical (unpaired) electrons. The lowest BCUT2D eigenvalue weighted by Gasteiger charge is -2.17. The van der Waals surface area contributed by atoms with Gasteiger partial charge in [0.05, 0.1) is 21.4 Å². The Morgan fingerprint density at radius 2 is 1.68 bits per heavy atom. The molecule has 0 aliphatic heterocycles. The van der Waals surface area contributed by atoms with Crippen LogP contribution in [0.25, 0.3) is 11.4 Å². The van der Waals surface area contributed by atoms with Gasteiger partial charge in [0.25, 0.3) is 0 Å². The molecule has 0 N–H and O–H groups in total. The van der Waals surface area contributed by atoms with Crippen molar-refractivity contribution < 1.29 is 0 Å². The van der Waals surface area contributed by atoms with Crippen LogP contribution in [0.15, 0.2) is 34.3 Å². The average molecular weight is 331 g/mol. The summed E-state index contributed by atoms with van der Waals surface area (Å²) >= 11 is 3.45. The Morgan fingerprint density at radius 3 is 2.45 bits per heavy atom. The smallest absolute Gasteiger partial charge is 0.1000 e. The summed E-state index contributed by atoms with van der Waals surface area (Å²) in [5.41, 5.74) is 4.99. The molecular weight excluding hydrogens is 308 g/mol. The predicted molar refractivity (Wildman–Crippen MR) is 96.9 cm³/mol. The van der Waals surface area contributed by atoms with Crippen LogP contribution in [-0.4, -0.2) is 22.5 Å². The lowest BCUT2D eigenvalue weighted by molar-refractivity contribution is 0.609. The van der Waals surface area contributed by atoms with E-state index in [1.165, 1.54) is 54.7 Å². The standard InChI is InChI=1S/C18H22N2S2/c1-21-17-11-7-10-15(19-17)16-12-13-8-5-3-4-6-9-14(13)18(20-16)22-2/h7,10-12H,3-6,8-9H2,1-2H3. The summed E-state index contributed by atoms with van der Waals surface area (Å²) in [6.07, 6.45) is 11.9. The van der Waals surface area contributed by atoms with Crippen molar-refractivity contribution in [2.24, 2.45) is 0 Å². The van der Waals surface area contributed by atoms with Crippen LogP contribution in [0.5, 0.6) is 0 Å². The second-order valence-corrected chi connectivity index (χ2v) is 7.26. The van der Waals surface area contributed by atoms with Crippen molar-refractivity contribution in [1.82, 2.24) is 9.97 Å². The van der Waals surface area contributed by atoms with Gasteiger partial charge in [-0.15, -0.1) is 23.5 Å². The van der Waals surface area contributed by atoms with E-state index in [4.69, 9.17) is 9.97 Å². The quantitative estimate of drug-likeness (QED) is 0.718. The third kappa shape index (κ3) is 3.49. The number of nitrogens with zero attached hydrogens (tertiary/aromatic N) is 2. The molecule has 22 heavy (non-hydrogen) atoms. The van der Waals surface area contributed by atoms with E-state index in [2.05, 4.69) is 36.8 Å². The second-order valence-electron chi connectivity index (χ2n) is 5.63. The zero-order valence-electron chi connectivity index (χ0n) is 13.3. The first-order valence-corrected chi connectivity index (χ1v) is 10.3. The highest BCUT2D eigenvalue weighted by molar-refractivity contribution is 7.98. The summed E-state index contributed by atoms with van der Waals surface area (Å²) in [5.74, 6) is 0. The molecule has 0 saturated carbocycles. The lowest BCUT2D eigenvalue weighted by Crippen LogP contribution is -2.05. The van der Waals surface area contributed by atoms with Crippen LogP contribution in [0.2, 0.25) is 0 Å². The summed E-state index contributed by atoms with van der Waals surface area (Å²) in [6.45, 7) is 0. The molecule has 0 atom stereocenters. The van der Waals surface area contributed by atoms with Gasteiger partial charge in [0, 0.05) is 0 Å². The molecule has 2 aromatic heterocycles. The summed E-state index contributed by atoms with van der Waals surface area (Å²) in [4.78, 5) is 9.63. The minimum absolute atomic E-state index is 0.993. The van der Waals surface area contributed by atoms with Crippen molar-refractivity contribution in [1.29, 1.82) is 0 Å². The first-order valence-electron chi connectivity index (χ1n) is 7.90. The topological polar surface area (TPSA) is 25.8 Å². The summed E-state index contributed by atoms with van der Waals surface area (Å²) < 4.78 is 0. The second kappa shape index (κ2) is 7.51. The van der Waals surface area contributed by atoms with Crippen LogP contribution < -0.4 is 0 Å². The third-order valence-electron chi connectivity index (χ3n) is 4.19. The third-order valence-corrected chi connectivity index (χ3v) is 5.56. The molecule has 0 unspecified atom stereocenters. The van der Waals surface area contributed by atoms with Crippen LogP contribution >= 0.6 is 23.5 Å². The van der Waals surface area contributed by atoms with E-state index in [1.807, 2.05) is 0 Å². The highest BCUT2D eigenvalue weighted by Gasteiger charge is 2.15. The SMILES string of the molecule is CSc1cccc(-c2cc3c(c(SC)n2)CCCCCC3)n1. The number of aryl methyl sites for hydroxylation is 1. The van der Waals surface area contributed by atoms with E-state index in [0.717, 1.165) is 16.4 Å². The number of thioether (sulfide) groups is 2. The maximum Gasteiger partial charge on any atom is 0.1000 e. The number of pyridine rings is 2. The molecule has 2 aromatic rings. The Labute approximate surface area is 141 Å². The number of fused-ring (bicyclic) bond motifs is 1. The Kier molecular flexibility index (Phi) is 5.42. The fraction of sp³-hybridized carbons (Fsp3) is 0.444. The average Bonchev–Trinajstić information content (AvgIpc) is 2.54. The summed E-state index contributed by atoms with van der Waals surface area (Å²) in [5, 5.41) is 2.25. The molecule has 3 rings (SSSR count). The van der Waals surface area contributed by atoms with Gasteiger partial charge in [0.1, 0.15) is 0 Å². The van der Waals surface area contributed by atoms with Crippen LogP contribution in [0.3, 0.4) is 0 Å². The number of hydrogen-bond acceptors (Lipinski definition) is 4. The molecule has 116 valence electrons. The predicted octanol–water partition coefficient (Wildman–Crippen LogP) is 5.25. The fourth-order valence-corrected chi connectivity index (χ4v) is 4.10. The Morgan fingerprint density at radius 1 is 0.864 bits per heavy atom. The van der Waals surface area contributed by atoms with Gasteiger partial charge in [-0.3, -0.25) is 0 Å². The largest absolute Gasteiger partial charge is 0.240 e. The zero-order valence-corrected chi connectivity index (χ0v) is 14.9. The van der Waals surface area contributed by atoms with E-state index in [0.29, 0.717) is 0 Å². The van der Waals surface area contributed by atoms with Gasteiger partial charge >= 0.3 is 0 Å². The lowest BCUT2D eigenvalue weighted by atomic mass is 9.94. The summed E-state index contributed by atoms with van der Waals surface area (Å²) in [6, 6.07) is 8.48. The summed E-state index contributed by atoms with van der Waals surface area (Å²) in [7, 11) is 0. The number of aromatic nitrogens is 2. The first kappa shape index (κ1) is 15.9. The van der Waals surface area contributed by atoms with Crippen LogP contribution in [0.4, 0.5) is 0 Å². The van der Waals surface area contributed by atoms with Crippen molar-refractivity contribution >= 4 is 23.5 Å². The Hall–Kier alpha value is -1.00. The van der Waals surface area contributed by atoms with Gasteiger partial charge in [0.15, 0.2) is 0 Å². The molecule has 2 nitrogen and oxygen atoms in total. The van der Waals surface area contributed by atoms with E-state index in [9.17, 15) is 0 Å². The van der Waals surface area contributed by atoms with Crippen LogP contribution in [0, 0.1) is 0 Å². The normalized spacial score (nSPS) is 15.0. The number of hydrogen-bond donors (Lipinski definition) is 0. The maximum atomic E-state index is 4.91.